The highest BCUT2D eigenvalue weighted by atomic mass is 35.5. The minimum absolute atomic E-state index is 0.177. The van der Waals surface area contributed by atoms with Gasteiger partial charge in [-0.3, -0.25) is 5.01 Å². The molecule has 0 saturated heterocycles. The normalized spacial score (nSPS) is 21.5. The number of sulfonamides is 1. The van der Waals surface area contributed by atoms with Crippen LogP contribution in [-0.2, 0) is 10.0 Å². The molecule has 0 radical (unpaired) electrons. The fraction of sp³-hybridized carbons (Fsp3) is 0.750. The van der Waals surface area contributed by atoms with E-state index in [1.165, 1.54) is 9.42 Å². The lowest BCUT2D eigenvalue weighted by Crippen LogP contribution is -2.53. The van der Waals surface area contributed by atoms with Crippen molar-refractivity contribution in [1.82, 2.24) is 20.3 Å². The maximum Gasteiger partial charge on any atom is 0.259 e. The summed E-state index contributed by atoms with van der Waals surface area (Å²) in [6, 6.07) is -0.177. The van der Waals surface area contributed by atoms with Crippen molar-refractivity contribution in [2.75, 3.05) is 14.1 Å². The molecule has 1 aliphatic rings. The molecular formula is C8H17ClN4O2S2. The minimum Gasteiger partial charge on any atom is -0.267 e. The molecule has 0 aromatic carbocycles. The quantitative estimate of drug-likeness (QED) is 0.575. The van der Waals surface area contributed by atoms with Crippen LogP contribution in [0.5, 0.6) is 0 Å². The largest absolute Gasteiger partial charge is 0.267 e. The Morgan fingerprint density at radius 2 is 2.12 bits per heavy atom. The number of halogens is 1. The molecule has 1 aliphatic heterocycles. The fourth-order valence-electron chi connectivity index (χ4n) is 1.52. The van der Waals surface area contributed by atoms with Crippen molar-refractivity contribution in [3.05, 3.63) is 10.6 Å². The van der Waals surface area contributed by atoms with E-state index >= 15 is 0 Å². The Labute approximate surface area is 111 Å². The van der Waals surface area contributed by atoms with Crippen LogP contribution in [0.1, 0.15) is 13.8 Å². The molecule has 0 saturated carbocycles. The second kappa shape index (κ2) is 5.77. The molecule has 2 N–H and O–H groups in total. The SMILES string of the molecule is CNN1C(Cl)=CSC1S(=O)(=O)N(NC)C(C)C. The standard InChI is InChI=1S/C8H17ClN4O2S2/c1-6(2)13(11-4)17(14,15)8-12(10-3)7(9)5-16-8/h5-6,8,10-11H,1-4H3. The minimum atomic E-state index is -3.53. The number of hydrazine groups is 2. The van der Waals surface area contributed by atoms with Crippen molar-refractivity contribution in [3.8, 4) is 0 Å². The molecular weight excluding hydrogens is 284 g/mol. The highest BCUT2D eigenvalue weighted by Crippen LogP contribution is 2.35. The molecule has 1 atom stereocenters. The van der Waals surface area contributed by atoms with E-state index in [1.807, 2.05) is 0 Å². The van der Waals surface area contributed by atoms with Gasteiger partial charge in [-0.1, -0.05) is 23.4 Å². The van der Waals surface area contributed by atoms with Gasteiger partial charge in [-0.25, -0.2) is 19.3 Å². The van der Waals surface area contributed by atoms with Gasteiger partial charge in [-0.05, 0) is 20.9 Å². The lowest BCUT2D eigenvalue weighted by atomic mass is 10.4. The van der Waals surface area contributed by atoms with Crippen molar-refractivity contribution >= 4 is 33.4 Å². The van der Waals surface area contributed by atoms with Gasteiger partial charge in [0.25, 0.3) is 10.0 Å². The highest BCUT2D eigenvalue weighted by molar-refractivity contribution is 8.14. The smallest absolute Gasteiger partial charge is 0.259 e. The summed E-state index contributed by atoms with van der Waals surface area (Å²) in [7, 11) is -0.324. The van der Waals surface area contributed by atoms with Crippen molar-refractivity contribution in [2.45, 2.75) is 24.6 Å². The first-order chi connectivity index (χ1) is 7.86. The molecule has 0 aliphatic carbocycles. The van der Waals surface area contributed by atoms with Gasteiger partial charge in [-0.15, -0.1) is 4.41 Å². The van der Waals surface area contributed by atoms with Crippen LogP contribution in [0.2, 0.25) is 0 Å². The Morgan fingerprint density at radius 3 is 2.53 bits per heavy atom. The number of hydrogen-bond donors (Lipinski definition) is 2. The molecule has 1 unspecified atom stereocenters. The molecule has 0 fully saturated rings. The second-order valence-corrected chi connectivity index (χ2v) is 7.15. The lowest BCUT2D eigenvalue weighted by molar-refractivity contribution is 0.262. The number of nitrogens with one attached hydrogen (secondary N) is 2. The summed E-state index contributed by atoms with van der Waals surface area (Å²) in [4.78, 5) is 0. The summed E-state index contributed by atoms with van der Waals surface area (Å²) in [5.74, 6) is 0. The fourth-order valence-corrected chi connectivity index (χ4v) is 5.19. The summed E-state index contributed by atoms with van der Waals surface area (Å²) in [5.41, 5.74) is 5.46. The van der Waals surface area contributed by atoms with E-state index in [2.05, 4.69) is 10.9 Å². The van der Waals surface area contributed by atoms with Gasteiger partial charge in [0, 0.05) is 18.5 Å². The highest BCUT2D eigenvalue weighted by Gasteiger charge is 2.41. The Kier molecular flexibility index (Phi) is 5.11. The number of thioether (sulfide) groups is 1. The van der Waals surface area contributed by atoms with Crippen LogP contribution in [0.25, 0.3) is 0 Å². The first-order valence-corrected chi connectivity index (χ1v) is 7.87. The van der Waals surface area contributed by atoms with Gasteiger partial charge in [0.05, 0.1) is 0 Å². The van der Waals surface area contributed by atoms with E-state index in [9.17, 15) is 8.42 Å². The van der Waals surface area contributed by atoms with E-state index in [-0.39, 0.29) is 6.04 Å². The summed E-state index contributed by atoms with van der Waals surface area (Å²) in [5, 5.41) is 3.38. The van der Waals surface area contributed by atoms with Crippen LogP contribution < -0.4 is 10.9 Å². The van der Waals surface area contributed by atoms with Gasteiger partial charge in [0.1, 0.15) is 5.16 Å². The lowest BCUT2D eigenvalue weighted by Gasteiger charge is -2.32. The van der Waals surface area contributed by atoms with Crippen LogP contribution in [-0.4, -0.2) is 42.7 Å². The molecule has 100 valence electrons. The third-order valence-corrected chi connectivity index (χ3v) is 6.34. The molecule has 1 heterocycles. The Bertz CT molecular complexity index is 398. The molecule has 1 rings (SSSR count). The zero-order chi connectivity index (χ0) is 13.2. The summed E-state index contributed by atoms with van der Waals surface area (Å²) < 4.78 is 25.2. The van der Waals surface area contributed by atoms with Gasteiger partial charge in [0.15, 0.2) is 0 Å². The third-order valence-electron chi connectivity index (χ3n) is 2.18. The molecule has 6 nitrogen and oxygen atoms in total. The summed E-state index contributed by atoms with van der Waals surface area (Å²) in [6.07, 6.45) is 0. The second-order valence-electron chi connectivity index (χ2n) is 3.64. The predicted octanol–water partition coefficient (Wildman–Crippen LogP) is 0.665. The predicted molar refractivity (Wildman–Crippen MR) is 71.2 cm³/mol. The van der Waals surface area contributed by atoms with E-state index in [4.69, 9.17) is 11.6 Å². The van der Waals surface area contributed by atoms with E-state index in [1.54, 1.807) is 33.4 Å². The first kappa shape index (κ1) is 15.1. The summed E-state index contributed by atoms with van der Waals surface area (Å²) in [6.45, 7) is 3.60. The van der Waals surface area contributed by atoms with Crippen LogP contribution >= 0.6 is 23.4 Å². The number of rotatable bonds is 5. The van der Waals surface area contributed by atoms with Crippen molar-refractivity contribution in [1.29, 1.82) is 0 Å². The van der Waals surface area contributed by atoms with Gasteiger partial charge in [0.2, 0.25) is 4.71 Å². The molecule has 0 amide bonds. The van der Waals surface area contributed by atoms with Crippen LogP contribution in [0.4, 0.5) is 0 Å². The zero-order valence-electron chi connectivity index (χ0n) is 10.1. The molecule has 0 aromatic rings. The van der Waals surface area contributed by atoms with Gasteiger partial charge in [-0.2, -0.15) is 0 Å². The maximum absolute atomic E-state index is 12.4. The van der Waals surface area contributed by atoms with Crippen molar-refractivity contribution < 1.29 is 8.42 Å². The Morgan fingerprint density at radius 1 is 1.53 bits per heavy atom. The van der Waals surface area contributed by atoms with Crippen LogP contribution in [0, 0.1) is 0 Å². The van der Waals surface area contributed by atoms with E-state index in [0.717, 1.165) is 11.8 Å². The monoisotopic (exact) mass is 300 g/mol. The average molecular weight is 301 g/mol. The van der Waals surface area contributed by atoms with Gasteiger partial charge < -0.3 is 0 Å². The maximum atomic E-state index is 12.4. The molecule has 0 aromatic heterocycles. The Balaban J connectivity index is 2.99. The zero-order valence-corrected chi connectivity index (χ0v) is 12.5. The van der Waals surface area contributed by atoms with E-state index in [0.29, 0.717) is 5.16 Å². The van der Waals surface area contributed by atoms with Crippen molar-refractivity contribution in [3.63, 3.8) is 0 Å². The Hall–Kier alpha value is 0.01000. The van der Waals surface area contributed by atoms with Crippen LogP contribution in [0.15, 0.2) is 10.6 Å². The molecule has 17 heavy (non-hydrogen) atoms. The van der Waals surface area contributed by atoms with Crippen molar-refractivity contribution in [2.24, 2.45) is 0 Å². The molecule has 9 heteroatoms. The topological polar surface area (TPSA) is 64.7 Å². The van der Waals surface area contributed by atoms with Gasteiger partial charge >= 0.3 is 0 Å². The molecule has 0 bridgehead atoms. The summed E-state index contributed by atoms with van der Waals surface area (Å²) >= 11 is 7.06. The average Bonchev–Trinajstić information content (AvgIpc) is 2.59. The van der Waals surface area contributed by atoms with Crippen LogP contribution in [0.3, 0.4) is 0 Å². The number of hydrogen-bond acceptors (Lipinski definition) is 6. The number of nitrogens with zero attached hydrogens (tertiary/aromatic N) is 2. The molecule has 0 spiro atoms. The van der Waals surface area contributed by atoms with E-state index < -0.39 is 14.7 Å². The first-order valence-electron chi connectivity index (χ1n) is 5.04. The third kappa shape index (κ3) is 2.88.